The summed E-state index contributed by atoms with van der Waals surface area (Å²) in [5.41, 5.74) is 0. The van der Waals surface area contributed by atoms with Crippen molar-refractivity contribution in [3.8, 4) is 0 Å². The molecule has 0 aromatic heterocycles. The molecule has 0 radical (unpaired) electrons. The van der Waals surface area contributed by atoms with Gasteiger partial charge in [-0.2, -0.15) is 0 Å². The third-order valence-corrected chi connectivity index (χ3v) is 2.56. The van der Waals surface area contributed by atoms with E-state index in [4.69, 9.17) is 34.8 Å². The second-order valence-electron chi connectivity index (χ2n) is 2.25. The van der Waals surface area contributed by atoms with Gasteiger partial charge in [-0.25, -0.2) is 0 Å². The molecular weight excluding hydrogens is 224 g/mol. The first-order chi connectivity index (χ1) is 5.52. The SMILES string of the molecule is O=[N+]([O-])C1C=C(Cl)C(Cl)=CC1Cl. The van der Waals surface area contributed by atoms with Gasteiger partial charge in [-0.1, -0.05) is 23.2 Å². The van der Waals surface area contributed by atoms with E-state index in [1.54, 1.807) is 0 Å². The van der Waals surface area contributed by atoms with E-state index in [9.17, 15) is 10.1 Å². The first-order valence-electron chi connectivity index (χ1n) is 3.05. The highest BCUT2D eigenvalue weighted by atomic mass is 35.5. The summed E-state index contributed by atoms with van der Waals surface area (Å²) in [5, 5.41) is 10.1. The monoisotopic (exact) mass is 227 g/mol. The number of nitro groups is 1. The van der Waals surface area contributed by atoms with Gasteiger partial charge in [-0.05, 0) is 6.08 Å². The van der Waals surface area contributed by atoms with Crippen molar-refractivity contribution in [1.82, 2.24) is 0 Å². The molecule has 0 N–H and O–H groups in total. The van der Waals surface area contributed by atoms with Crippen molar-refractivity contribution in [2.75, 3.05) is 0 Å². The minimum absolute atomic E-state index is 0.176. The fourth-order valence-electron chi connectivity index (χ4n) is 0.817. The molecule has 0 bridgehead atoms. The molecule has 3 nitrogen and oxygen atoms in total. The maximum absolute atomic E-state index is 10.4. The molecule has 0 saturated carbocycles. The largest absolute Gasteiger partial charge is 0.264 e. The zero-order chi connectivity index (χ0) is 9.30. The van der Waals surface area contributed by atoms with E-state index in [0.29, 0.717) is 0 Å². The average molecular weight is 228 g/mol. The van der Waals surface area contributed by atoms with Gasteiger partial charge in [0, 0.05) is 11.0 Å². The zero-order valence-corrected chi connectivity index (χ0v) is 7.97. The second-order valence-corrected chi connectivity index (χ2v) is 3.57. The summed E-state index contributed by atoms with van der Waals surface area (Å²) >= 11 is 16.8. The Morgan fingerprint density at radius 1 is 1.33 bits per heavy atom. The van der Waals surface area contributed by atoms with E-state index in [2.05, 4.69) is 0 Å². The van der Waals surface area contributed by atoms with Crippen LogP contribution in [0.25, 0.3) is 0 Å². The summed E-state index contributed by atoms with van der Waals surface area (Å²) in [6.07, 6.45) is 2.60. The summed E-state index contributed by atoms with van der Waals surface area (Å²) < 4.78 is 0. The number of nitrogens with zero attached hydrogens (tertiary/aromatic N) is 1. The number of hydrogen-bond donors (Lipinski definition) is 0. The standard InChI is InChI=1S/C6H4Cl3NO2/c7-3-1-5(9)6(10(11)12)2-4(3)8/h1-2,5-6H. The fourth-order valence-corrected chi connectivity index (χ4v) is 1.56. The summed E-state index contributed by atoms with van der Waals surface area (Å²) in [6.45, 7) is 0. The molecule has 0 fully saturated rings. The number of hydrogen-bond acceptors (Lipinski definition) is 2. The number of halogens is 3. The number of allylic oxidation sites excluding steroid dienone is 2. The molecule has 0 spiro atoms. The van der Waals surface area contributed by atoms with Gasteiger partial charge >= 0.3 is 0 Å². The minimum atomic E-state index is -0.985. The maximum atomic E-state index is 10.4. The lowest BCUT2D eigenvalue weighted by molar-refractivity contribution is -0.507. The quantitative estimate of drug-likeness (QED) is 0.393. The van der Waals surface area contributed by atoms with E-state index in [-0.39, 0.29) is 10.1 Å². The van der Waals surface area contributed by atoms with Crippen molar-refractivity contribution >= 4 is 34.8 Å². The summed E-state index contributed by atoms with van der Waals surface area (Å²) in [4.78, 5) is 9.86. The molecule has 1 rings (SSSR count). The van der Waals surface area contributed by atoms with Crippen LogP contribution >= 0.6 is 34.8 Å². The van der Waals surface area contributed by atoms with Crippen molar-refractivity contribution in [3.05, 3.63) is 32.3 Å². The maximum Gasteiger partial charge on any atom is 0.252 e. The van der Waals surface area contributed by atoms with Crippen LogP contribution in [0.15, 0.2) is 22.2 Å². The van der Waals surface area contributed by atoms with Crippen LogP contribution in [0.5, 0.6) is 0 Å². The molecule has 0 aromatic rings. The van der Waals surface area contributed by atoms with Crippen LogP contribution in [0, 0.1) is 10.1 Å². The van der Waals surface area contributed by atoms with Crippen LogP contribution in [-0.4, -0.2) is 16.3 Å². The second kappa shape index (κ2) is 3.64. The van der Waals surface area contributed by atoms with Crippen LogP contribution < -0.4 is 0 Å². The Morgan fingerprint density at radius 3 is 2.33 bits per heavy atom. The third kappa shape index (κ3) is 1.91. The predicted octanol–water partition coefficient (Wildman–Crippen LogP) is 2.50. The molecule has 0 saturated heterocycles. The first-order valence-corrected chi connectivity index (χ1v) is 4.24. The van der Waals surface area contributed by atoms with Crippen LogP contribution in [0.4, 0.5) is 0 Å². The number of alkyl halides is 1. The van der Waals surface area contributed by atoms with Crippen LogP contribution in [0.2, 0.25) is 0 Å². The predicted molar refractivity (Wildman–Crippen MR) is 48.3 cm³/mol. The summed E-state index contributed by atoms with van der Waals surface area (Å²) in [7, 11) is 0. The Labute approximate surface area is 83.7 Å². The molecule has 6 heteroatoms. The molecule has 0 heterocycles. The third-order valence-electron chi connectivity index (χ3n) is 1.42. The van der Waals surface area contributed by atoms with Crippen molar-refractivity contribution < 1.29 is 4.92 Å². The Kier molecular flexibility index (Phi) is 2.99. The highest BCUT2D eigenvalue weighted by molar-refractivity contribution is 6.44. The smallest absolute Gasteiger partial charge is 0.252 e. The Bertz CT molecular complexity index is 274. The number of rotatable bonds is 1. The van der Waals surface area contributed by atoms with Gasteiger partial charge in [0.1, 0.15) is 5.38 Å². The molecule has 2 atom stereocenters. The van der Waals surface area contributed by atoms with Gasteiger partial charge in [-0.15, -0.1) is 11.6 Å². The van der Waals surface area contributed by atoms with E-state index in [1.807, 2.05) is 0 Å². The van der Waals surface area contributed by atoms with Crippen LogP contribution in [0.3, 0.4) is 0 Å². The molecule has 1 aliphatic rings. The van der Waals surface area contributed by atoms with E-state index < -0.39 is 16.3 Å². The summed E-state index contributed by atoms with van der Waals surface area (Å²) in [6, 6.07) is -0.985. The van der Waals surface area contributed by atoms with Gasteiger partial charge in [0.15, 0.2) is 0 Å². The van der Waals surface area contributed by atoms with Gasteiger partial charge in [0.2, 0.25) is 0 Å². The van der Waals surface area contributed by atoms with Gasteiger partial charge in [0.05, 0.1) is 10.1 Å². The lowest BCUT2D eigenvalue weighted by Crippen LogP contribution is -2.28. The van der Waals surface area contributed by atoms with Crippen molar-refractivity contribution in [1.29, 1.82) is 0 Å². The van der Waals surface area contributed by atoms with Gasteiger partial charge in [-0.3, -0.25) is 10.1 Å². The highest BCUT2D eigenvalue weighted by Crippen LogP contribution is 2.28. The molecule has 2 unspecified atom stereocenters. The molecule has 0 aromatic carbocycles. The molecule has 1 aliphatic carbocycles. The van der Waals surface area contributed by atoms with Gasteiger partial charge in [0.25, 0.3) is 6.04 Å². The normalized spacial score (nSPS) is 29.2. The lowest BCUT2D eigenvalue weighted by atomic mass is 10.1. The highest BCUT2D eigenvalue weighted by Gasteiger charge is 2.30. The first kappa shape index (κ1) is 9.84. The van der Waals surface area contributed by atoms with Crippen molar-refractivity contribution in [3.63, 3.8) is 0 Å². The molecule has 66 valence electrons. The topological polar surface area (TPSA) is 43.1 Å². The molecule has 0 amide bonds. The van der Waals surface area contributed by atoms with E-state index in [1.165, 1.54) is 12.2 Å². The molecular formula is C6H4Cl3NO2. The minimum Gasteiger partial charge on any atom is -0.264 e. The van der Waals surface area contributed by atoms with E-state index >= 15 is 0 Å². The van der Waals surface area contributed by atoms with Crippen molar-refractivity contribution in [2.24, 2.45) is 0 Å². The zero-order valence-electron chi connectivity index (χ0n) is 5.71. The van der Waals surface area contributed by atoms with Gasteiger partial charge < -0.3 is 0 Å². The Balaban J connectivity index is 2.91. The van der Waals surface area contributed by atoms with Crippen molar-refractivity contribution in [2.45, 2.75) is 11.4 Å². The fraction of sp³-hybridized carbons (Fsp3) is 0.333. The Morgan fingerprint density at radius 2 is 1.83 bits per heavy atom. The van der Waals surface area contributed by atoms with E-state index in [0.717, 1.165) is 0 Å². The van der Waals surface area contributed by atoms with Crippen LogP contribution in [0.1, 0.15) is 0 Å². The molecule has 12 heavy (non-hydrogen) atoms. The summed E-state index contributed by atoms with van der Waals surface area (Å²) in [5.74, 6) is 0. The Hall–Kier alpha value is -0.250. The average Bonchev–Trinajstić information content (AvgIpc) is 1.96. The molecule has 0 aliphatic heterocycles. The van der Waals surface area contributed by atoms with Crippen LogP contribution in [-0.2, 0) is 0 Å². The lowest BCUT2D eigenvalue weighted by Gasteiger charge is -2.13.